The first-order valence-corrected chi connectivity index (χ1v) is 16.6. The zero-order valence-corrected chi connectivity index (χ0v) is 30.8. The van der Waals surface area contributed by atoms with Gasteiger partial charge >= 0.3 is 26.2 Å². The molecule has 0 aromatic heterocycles. The van der Waals surface area contributed by atoms with E-state index in [-0.39, 0.29) is 51.0 Å². The number of rotatable bonds is 6. The Morgan fingerprint density at radius 3 is 0.844 bits per heavy atom. The van der Waals surface area contributed by atoms with Gasteiger partial charge in [0.1, 0.15) is 11.5 Å². The van der Waals surface area contributed by atoms with Crippen LogP contribution in [-0.4, -0.2) is 10.2 Å². The van der Waals surface area contributed by atoms with Gasteiger partial charge in [-0.1, -0.05) is 158 Å². The molecule has 2 N–H and O–H groups in total. The number of benzene rings is 6. The van der Waals surface area contributed by atoms with Crippen molar-refractivity contribution in [1.29, 1.82) is 0 Å². The van der Waals surface area contributed by atoms with Crippen molar-refractivity contribution in [3.63, 3.8) is 0 Å². The van der Waals surface area contributed by atoms with Gasteiger partial charge in [-0.25, -0.2) is 0 Å². The van der Waals surface area contributed by atoms with E-state index in [9.17, 15) is 10.2 Å². The fourth-order valence-electron chi connectivity index (χ4n) is 4.81. The summed E-state index contributed by atoms with van der Waals surface area (Å²) in [7, 11) is -1.47. The SMILES string of the molecule is Cc1cccc(P(c2ccccc2)c2ccccc2)c1O.Cc1cccc(P(c2ccccc2)c2ccccc2)c1O.[Cl-].[Cl-].[Zr+2]. The number of phenolic OH excluding ortho intramolecular Hbond substituents is 2. The smallest absolute Gasteiger partial charge is 1.00 e. The van der Waals surface area contributed by atoms with Crippen molar-refractivity contribution in [2.75, 3.05) is 0 Å². The van der Waals surface area contributed by atoms with E-state index in [1.54, 1.807) is 0 Å². The standard InChI is InChI=1S/2C19H17OP.2ClH.Zr/c2*1-15-9-8-14-18(19(15)20)21(16-10-4-2-5-11-16)17-12-6-3-7-13-17;;;/h2*2-14,20H,1H3;2*1H;/q;;;;+2/p-2. The zero-order chi connectivity index (χ0) is 29.3. The Morgan fingerprint density at radius 2 is 0.600 bits per heavy atom. The molecule has 0 aliphatic carbocycles. The summed E-state index contributed by atoms with van der Waals surface area (Å²) in [5.41, 5.74) is 1.85. The van der Waals surface area contributed by atoms with Gasteiger partial charge in [0, 0.05) is 10.6 Å². The van der Waals surface area contributed by atoms with Gasteiger partial charge in [-0.15, -0.1) is 0 Å². The van der Waals surface area contributed by atoms with Crippen molar-refractivity contribution >= 4 is 47.7 Å². The van der Waals surface area contributed by atoms with Crippen LogP contribution in [-0.2, 0) is 26.2 Å². The minimum atomic E-state index is -0.733. The van der Waals surface area contributed by atoms with E-state index in [0.717, 1.165) is 21.7 Å². The molecule has 0 atom stereocenters. The number of phenols is 2. The molecule has 0 amide bonds. The maximum Gasteiger partial charge on any atom is 2.00 e. The van der Waals surface area contributed by atoms with Crippen molar-refractivity contribution in [2.45, 2.75) is 13.8 Å². The van der Waals surface area contributed by atoms with Crippen LogP contribution in [0.3, 0.4) is 0 Å². The Morgan fingerprint density at radius 1 is 0.356 bits per heavy atom. The molecule has 0 heterocycles. The number of para-hydroxylation sites is 2. The second-order valence-electron chi connectivity index (χ2n) is 9.90. The molecular formula is C38H34Cl2O2P2Zr. The van der Waals surface area contributed by atoms with E-state index in [2.05, 4.69) is 97.1 Å². The average Bonchev–Trinajstić information content (AvgIpc) is 3.04. The van der Waals surface area contributed by atoms with Gasteiger partial charge in [0.05, 0.1) is 0 Å². The second kappa shape index (κ2) is 19.0. The molecule has 6 aromatic carbocycles. The fraction of sp³-hybridized carbons (Fsp3) is 0.0526. The summed E-state index contributed by atoms with van der Waals surface area (Å²) < 4.78 is 0. The molecule has 0 bridgehead atoms. The Hall–Kier alpha value is -2.76. The van der Waals surface area contributed by atoms with Crippen LogP contribution in [0.15, 0.2) is 158 Å². The van der Waals surface area contributed by atoms with Gasteiger partial charge in [-0.2, -0.15) is 0 Å². The molecule has 6 aromatic rings. The van der Waals surface area contributed by atoms with Crippen LogP contribution in [0.25, 0.3) is 0 Å². The molecule has 2 nitrogen and oxygen atoms in total. The number of hydrogen-bond acceptors (Lipinski definition) is 2. The largest absolute Gasteiger partial charge is 2.00 e. The van der Waals surface area contributed by atoms with Crippen LogP contribution < -0.4 is 56.6 Å². The van der Waals surface area contributed by atoms with E-state index < -0.39 is 15.8 Å². The maximum atomic E-state index is 10.5. The molecule has 0 radical (unpaired) electrons. The molecular weight excluding hydrogens is 712 g/mol. The Bertz CT molecular complexity index is 1520. The van der Waals surface area contributed by atoms with E-state index in [1.807, 2.05) is 74.5 Å². The van der Waals surface area contributed by atoms with Gasteiger partial charge in [0.15, 0.2) is 0 Å². The van der Waals surface area contributed by atoms with Gasteiger partial charge in [-0.05, 0) is 62.0 Å². The summed E-state index contributed by atoms with van der Waals surface area (Å²) in [5, 5.41) is 28.0. The molecule has 0 unspecified atom stereocenters. The third-order valence-electron chi connectivity index (χ3n) is 6.97. The molecule has 0 aliphatic rings. The molecule has 0 saturated carbocycles. The van der Waals surface area contributed by atoms with Gasteiger partial charge < -0.3 is 35.0 Å². The van der Waals surface area contributed by atoms with E-state index >= 15 is 0 Å². The summed E-state index contributed by atoms with van der Waals surface area (Å²) in [5.74, 6) is 0.827. The first-order chi connectivity index (χ1) is 20.5. The minimum absolute atomic E-state index is 0. The van der Waals surface area contributed by atoms with Gasteiger partial charge in [0.25, 0.3) is 0 Å². The Kier molecular flexibility index (Phi) is 16.3. The number of aryl methyl sites for hydroxylation is 2. The third kappa shape index (κ3) is 9.62. The summed E-state index contributed by atoms with van der Waals surface area (Å²) in [6.45, 7) is 3.89. The summed E-state index contributed by atoms with van der Waals surface area (Å²) in [6, 6.07) is 53.7. The molecule has 0 spiro atoms. The predicted octanol–water partition coefficient (Wildman–Crippen LogP) is 0.923. The van der Waals surface area contributed by atoms with E-state index in [4.69, 9.17) is 0 Å². The number of halogens is 2. The third-order valence-corrected chi connectivity index (χ3v) is 11.9. The number of aromatic hydroxyl groups is 2. The summed E-state index contributed by atoms with van der Waals surface area (Å²) in [4.78, 5) is 0. The van der Waals surface area contributed by atoms with Crippen molar-refractivity contribution in [2.24, 2.45) is 0 Å². The zero-order valence-electron chi connectivity index (χ0n) is 25.1. The van der Waals surface area contributed by atoms with Crippen LogP contribution in [0.1, 0.15) is 11.1 Å². The summed E-state index contributed by atoms with van der Waals surface area (Å²) >= 11 is 0. The average molecular weight is 747 g/mol. The summed E-state index contributed by atoms with van der Waals surface area (Å²) in [6.07, 6.45) is 0. The Balaban J connectivity index is 0.000000294. The minimum Gasteiger partial charge on any atom is -1.00 e. The predicted molar refractivity (Wildman–Crippen MR) is 183 cm³/mol. The fourth-order valence-corrected chi connectivity index (χ4v) is 9.65. The maximum absolute atomic E-state index is 10.5. The first-order valence-electron chi connectivity index (χ1n) is 13.9. The van der Waals surface area contributed by atoms with Crippen molar-refractivity contribution in [1.82, 2.24) is 0 Å². The van der Waals surface area contributed by atoms with Crippen molar-refractivity contribution in [3.8, 4) is 11.5 Å². The van der Waals surface area contributed by atoms with Gasteiger partial charge in [0.2, 0.25) is 0 Å². The van der Waals surface area contributed by atoms with Crippen molar-refractivity contribution in [3.05, 3.63) is 169 Å². The van der Waals surface area contributed by atoms with Crippen LogP contribution in [0, 0.1) is 13.8 Å². The normalized spacial score (nSPS) is 10.0. The second-order valence-corrected chi connectivity index (χ2v) is 14.3. The van der Waals surface area contributed by atoms with Crippen LogP contribution >= 0.6 is 15.8 Å². The van der Waals surface area contributed by atoms with Gasteiger partial charge in [-0.3, -0.25) is 0 Å². The molecule has 0 saturated heterocycles. The monoisotopic (exact) mass is 744 g/mol. The molecule has 7 heteroatoms. The topological polar surface area (TPSA) is 40.5 Å². The van der Waals surface area contributed by atoms with E-state index in [0.29, 0.717) is 11.5 Å². The Labute approximate surface area is 301 Å². The first kappa shape index (κ1) is 38.4. The molecule has 0 aliphatic heterocycles. The number of hydrogen-bond donors (Lipinski definition) is 2. The molecule has 6 rings (SSSR count). The quantitative estimate of drug-likeness (QED) is 0.250. The van der Waals surface area contributed by atoms with Crippen molar-refractivity contribution < 1.29 is 61.2 Å². The van der Waals surface area contributed by atoms with E-state index in [1.165, 1.54) is 21.2 Å². The molecule has 45 heavy (non-hydrogen) atoms. The van der Waals surface area contributed by atoms with Crippen LogP contribution in [0.4, 0.5) is 0 Å². The molecule has 0 fully saturated rings. The molecule has 226 valence electrons. The van der Waals surface area contributed by atoms with Crippen LogP contribution in [0.2, 0.25) is 0 Å². The van der Waals surface area contributed by atoms with Crippen LogP contribution in [0.5, 0.6) is 11.5 Å².